The Hall–Kier alpha value is -1.89. The van der Waals surface area contributed by atoms with Gasteiger partial charge in [0.2, 0.25) is 5.91 Å². The van der Waals surface area contributed by atoms with Crippen molar-refractivity contribution >= 4 is 11.6 Å². The van der Waals surface area contributed by atoms with Crippen LogP contribution in [0.15, 0.2) is 15.7 Å². The number of β-amino-alcohol motifs (C(OH)–C–C–N with tert-alkyl or cyclic N) is 1. The SMILES string of the molecule is Cc1cc([C@@H](C(=O)N2C[C@H](O)C[C@H]2C2=NOC(C)(C)C2)C(C)C)on1. The molecule has 1 amide bonds. The van der Waals surface area contributed by atoms with E-state index < -0.39 is 12.0 Å². The summed E-state index contributed by atoms with van der Waals surface area (Å²) in [7, 11) is 0. The number of oxime groups is 1. The second-order valence-corrected chi connectivity index (χ2v) is 8.10. The first-order chi connectivity index (χ1) is 11.7. The number of aliphatic hydroxyl groups is 1. The quantitative estimate of drug-likeness (QED) is 0.900. The van der Waals surface area contributed by atoms with Gasteiger partial charge in [-0.1, -0.05) is 24.2 Å². The van der Waals surface area contributed by atoms with Crippen LogP contribution in [-0.2, 0) is 9.63 Å². The molecule has 2 aliphatic rings. The number of hydrogen-bond acceptors (Lipinski definition) is 6. The minimum atomic E-state index is -0.551. The van der Waals surface area contributed by atoms with Crippen LogP contribution in [0.3, 0.4) is 0 Å². The van der Waals surface area contributed by atoms with Gasteiger partial charge in [-0.15, -0.1) is 0 Å². The van der Waals surface area contributed by atoms with Crippen LogP contribution < -0.4 is 0 Å². The van der Waals surface area contributed by atoms with E-state index in [1.807, 2.05) is 40.7 Å². The highest BCUT2D eigenvalue weighted by molar-refractivity contribution is 5.96. The molecule has 138 valence electrons. The lowest BCUT2D eigenvalue weighted by Gasteiger charge is -2.29. The van der Waals surface area contributed by atoms with E-state index in [2.05, 4.69) is 10.3 Å². The lowest BCUT2D eigenvalue weighted by Crippen LogP contribution is -2.44. The Morgan fingerprint density at radius 2 is 2.16 bits per heavy atom. The van der Waals surface area contributed by atoms with Gasteiger partial charge in [0.15, 0.2) is 0 Å². The first-order valence-electron chi connectivity index (χ1n) is 8.84. The molecule has 0 unspecified atom stereocenters. The van der Waals surface area contributed by atoms with E-state index in [1.54, 1.807) is 4.90 Å². The summed E-state index contributed by atoms with van der Waals surface area (Å²) in [6.07, 6.45) is 0.594. The first kappa shape index (κ1) is 17.9. The van der Waals surface area contributed by atoms with Crippen molar-refractivity contribution in [3.05, 3.63) is 17.5 Å². The van der Waals surface area contributed by atoms with Crippen LogP contribution in [-0.4, -0.2) is 51.1 Å². The van der Waals surface area contributed by atoms with Gasteiger partial charge in [-0.25, -0.2) is 0 Å². The van der Waals surface area contributed by atoms with E-state index in [9.17, 15) is 9.90 Å². The number of likely N-dealkylation sites (tertiary alicyclic amines) is 1. The number of carbonyl (C=O) groups excluding carboxylic acids is 1. The number of carbonyl (C=O) groups is 1. The maximum atomic E-state index is 13.3. The molecule has 0 spiro atoms. The summed E-state index contributed by atoms with van der Waals surface area (Å²) >= 11 is 0. The van der Waals surface area contributed by atoms with E-state index in [-0.39, 0.29) is 23.5 Å². The summed E-state index contributed by atoms with van der Waals surface area (Å²) in [6.45, 7) is 10.1. The molecule has 7 nitrogen and oxygen atoms in total. The van der Waals surface area contributed by atoms with Gasteiger partial charge in [-0.2, -0.15) is 0 Å². The topological polar surface area (TPSA) is 88.2 Å². The summed E-state index contributed by atoms with van der Waals surface area (Å²) in [6, 6.07) is 1.58. The summed E-state index contributed by atoms with van der Waals surface area (Å²) in [5.41, 5.74) is 1.21. The molecule has 0 bridgehead atoms. The molecule has 2 aliphatic heterocycles. The van der Waals surface area contributed by atoms with Crippen molar-refractivity contribution in [3.63, 3.8) is 0 Å². The lowest BCUT2D eigenvalue weighted by molar-refractivity contribution is -0.134. The van der Waals surface area contributed by atoms with Crippen LogP contribution in [0.4, 0.5) is 0 Å². The van der Waals surface area contributed by atoms with Gasteiger partial charge in [0, 0.05) is 25.5 Å². The van der Waals surface area contributed by atoms with Gasteiger partial charge in [-0.05, 0) is 26.7 Å². The minimum absolute atomic E-state index is 0.0523. The Morgan fingerprint density at radius 1 is 1.44 bits per heavy atom. The van der Waals surface area contributed by atoms with Crippen molar-refractivity contribution in [2.45, 2.75) is 71.1 Å². The van der Waals surface area contributed by atoms with Gasteiger partial charge < -0.3 is 19.4 Å². The van der Waals surface area contributed by atoms with Gasteiger partial charge in [0.1, 0.15) is 17.3 Å². The second-order valence-electron chi connectivity index (χ2n) is 8.10. The number of nitrogens with zero attached hydrogens (tertiary/aromatic N) is 3. The predicted molar refractivity (Wildman–Crippen MR) is 92.2 cm³/mol. The fourth-order valence-corrected chi connectivity index (χ4v) is 3.68. The standard InChI is InChI=1S/C18H27N3O4/c1-10(2)16(15-6-11(3)19-24-15)17(23)21-9-12(22)7-14(21)13-8-18(4,5)25-20-13/h6,10,12,14,16,22H,7-9H2,1-5H3/t12-,14+,16+/m1/s1. The van der Waals surface area contributed by atoms with Crippen LogP contribution >= 0.6 is 0 Å². The fourth-order valence-electron chi connectivity index (χ4n) is 3.68. The summed E-state index contributed by atoms with van der Waals surface area (Å²) in [4.78, 5) is 20.5. The third-order valence-corrected chi connectivity index (χ3v) is 4.85. The average Bonchev–Trinajstić information content (AvgIpc) is 3.18. The molecule has 0 radical (unpaired) electrons. The Kier molecular flexibility index (Phi) is 4.62. The zero-order valence-corrected chi connectivity index (χ0v) is 15.5. The highest BCUT2D eigenvalue weighted by Gasteiger charge is 2.45. The van der Waals surface area contributed by atoms with Crippen LogP contribution in [0.5, 0.6) is 0 Å². The van der Waals surface area contributed by atoms with Crippen LogP contribution in [0.25, 0.3) is 0 Å². The number of hydrogen-bond donors (Lipinski definition) is 1. The molecular formula is C18H27N3O4. The monoisotopic (exact) mass is 349 g/mol. The normalized spacial score (nSPS) is 26.7. The zero-order chi connectivity index (χ0) is 18.4. The third kappa shape index (κ3) is 3.56. The molecule has 1 saturated heterocycles. The molecule has 0 aromatic carbocycles. The molecule has 1 aromatic heterocycles. The van der Waals surface area contributed by atoms with Crippen molar-refractivity contribution in [3.8, 4) is 0 Å². The smallest absolute Gasteiger partial charge is 0.234 e. The van der Waals surface area contributed by atoms with Crippen molar-refractivity contribution in [1.29, 1.82) is 0 Å². The average molecular weight is 349 g/mol. The highest BCUT2D eigenvalue weighted by atomic mass is 16.7. The highest BCUT2D eigenvalue weighted by Crippen LogP contribution is 2.34. The van der Waals surface area contributed by atoms with Crippen molar-refractivity contribution in [2.75, 3.05) is 6.54 Å². The van der Waals surface area contributed by atoms with Crippen molar-refractivity contribution in [1.82, 2.24) is 10.1 Å². The molecule has 1 N–H and O–H groups in total. The zero-order valence-electron chi connectivity index (χ0n) is 15.5. The van der Waals surface area contributed by atoms with Crippen molar-refractivity contribution in [2.24, 2.45) is 11.1 Å². The number of aromatic nitrogens is 1. The van der Waals surface area contributed by atoms with Crippen LogP contribution in [0.1, 0.15) is 57.9 Å². The van der Waals surface area contributed by atoms with E-state index in [0.29, 0.717) is 25.1 Å². The molecule has 25 heavy (non-hydrogen) atoms. The van der Waals surface area contributed by atoms with Gasteiger partial charge >= 0.3 is 0 Å². The molecule has 0 saturated carbocycles. The van der Waals surface area contributed by atoms with E-state index in [0.717, 1.165) is 11.4 Å². The molecule has 7 heteroatoms. The largest absolute Gasteiger partial charge is 0.391 e. The molecule has 3 rings (SSSR count). The number of rotatable bonds is 4. The Balaban J connectivity index is 1.85. The van der Waals surface area contributed by atoms with E-state index in [4.69, 9.17) is 9.36 Å². The Labute approximate surface area is 148 Å². The maximum absolute atomic E-state index is 13.3. The molecular weight excluding hydrogens is 322 g/mol. The third-order valence-electron chi connectivity index (χ3n) is 4.85. The number of amides is 1. The minimum Gasteiger partial charge on any atom is -0.391 e. The molecule has 1 aromatic rings. The lowest BCUT2D eigenvalue weighted by atomic mass is 9.90. The van der Waals surface area contributed by atoms with E-state index >= 15 is 0 Å². The molecule has 1 fully saturated rings. The van der Waals surface area contributed by atoms with Crippen molar-refractivity contribution < 1.29 is 19.3 Å². The first-order valence-corrected chi connectivity index (χ1v) is 8.84. The fraction of sp³-hybridized carbons (Fsp3) is 0.722. The molecule has 3 atom stereocenters. The van der Waals surface area contributed by atoms with Crippen LogP contribution in [0.2, 0.25) is 0 Å². The van der Waals surface area contributed by atoms with Gasteiger partial charge in [0.25, 0.3) is 0 Å². The summed E-state index contributed by atoms with van der Waals surface area (Å²) in [5.74, 6) is 0.143. The van der Waals surface area contributed by atoms with Gasteiger partial charge in [-0.3, -0.25) is 4.79 Å². The predicted octanol–water partition coefficient (Wildman–Crippen LogP) is 2.24. The second kappa shape index (κ2) is 6.44. The number of aliphatic hydroxyl groups excluding tert-OH is 1. The molecule has 0 aliphatic carbocycles. The Bertz CT molecular complexity index is 680. The van der Waals surface area contributed by atoms with E-state index in [1.165, 1.54) is 0 Å². The Morgan fingerprint density at radius 3 is 2.68 bits per heavy atom. The maximum Gasteiger partial charge on any atom is 0.234 e. The van der Waals surface area contributed by atoms with Crippen LogP contribution in [0, 0.1) is 12.8 Å². The summed E-state index contributed by atoms with van der Waals surface area (Å²) in [5, 5.41) is 18.3. The molecule has 3 heterocycles. The van der Waals surface area contributed by atoms with Gasteiger partial charge in [0.05, 0.1) is 23.6 Å². The summed E-state index contributed by atoms with van der Waals surface area (Å²) < 4.78 is 5.37. The number of aryl methyl sites for hydroxylation is 1.